The molecule has 1 amide bonds. The molecular weight excluding hydrogens is 406 g/mol. The normalized spacial score (nSPS) is 21.2. The number of methoxy groups -OCH3 is 1. The van der Waals surface area contributed by atoms with E-state index in [4.69, 9.17) is 18.9 Å². The summed E-state index contributed by atoms with van der Waals surface area (Å²) in [6.07, 6.45) is 2.99. The van der Waals surface area contributed by atoms with E-state index < -0.39 is 6.09 Å². The molecule has 3 aromatic rings. The second-order valence-electron chi connectivity index (χ2n) is 7.47. The van der Waals surface area contributed by atoms with Gasteiger partial charge in [0.1, 0.15) is 17.7 Å². The number of aromatic amines is 1. The van der Waals surface area contributed by atoms with Gasteiger partial charge in [-0.2, -0.15) is 10.2 Å². The standard InChI is InChI=1S/C19H23N7O5/c1-28-7-11-4-15-18(20-2-3-26(15)25-11)22-17-6-14(23-24-17)16-5-13(10-30-16)31-19(27)21-12-8-29-9-12/h2-4,6,12-13,16H,5,7-10H2,1H3,(H,21,27)(H2,20,22,23,24)/t13-,16-/m1/s1. The van der Waals surface area contributed by atoms with Crippen LogP contribution in [0.15, 0.2) is 24.5 Å². The van der Waals surface area contributed by atoms with E-state index in [0.29, 0.717) is 44.5 Å². The number of aromatic nitrogens is 5. The van der Waals surface area contributed by atoms with Gasteiger partial charge in [-0.3, -0.25) is 5.10 Å². The molecule has 164 valence electrons. The molecule has 5 heterocycles. The van der Waals surface area contributed by atoms with E-state index >= 15 is 0 Å². The topological polar surface area (TPSA) is 137 Å². The van der Waals surface area contributed by atoms with E-state index in [0.717, 1.165) is 16.9 Å². The molecule has 5 rings (SSSR count). The summed E-state index contributed by atoms with van der Waals surface area (Å²) in [6.45, 7) is 1.80. The van der Waals surface area contributed by atoms with Gasteiger partial charge in [0.05, 0.1) is 43.9 Å². The summed E-state index contributed by atoms with van der Waals surface area (Å²) in [5, 5.41) is 17.7. The molecule has 31 heavy (non-hydrogen) atoms. The van der Waals surface area contributed by atoms with Crippen LogP contribution < -0.4 is 10.6 Å². The Morgan fingerprint density at radius 2 is 2.26 bits per heavy atom. The summed E-state index contributed by atoms with van der Waals surface area (Å²) in [5.74, 6) is 1.22. The maximum absolute atomic E-state index is 11.9. The molecule has 12 heteroatoms. The van der Waals surface area contributed by atoms with Crippen LogP contribution >= 0.6 is 0 Å². The fourth-order valence-electron chi connectivity index (χ4n) is 3.54. The molecule has 2 saturated heterocycles. The van der Waals surface area contributed by atoms with Crippen LogP contribution in [-0.4, -0.2) is 70.0 Å². The van der Waals surface area contributed by atoms with Crippen LogP contribution in [0, 0.1) is 0 Å². The number of hydrogen-bond donors (Lipinski definition) is 3. The molecule has 0 aliphatic carbocycles. The fraction of sp³-hybridized carbons (Fsp3) is 0.474. The predicted molar refractivity (Wildman–Crippen MR) is 107 cm³/mol. The number of nitrogens with zero attached hydrogens (tertiary/aromatic N) is 4. The van der Waals surface area contributed by atoms with E-state index in [-0.39, 0.29) is 18.2 Å². The third kappa shape index (κ3) is 4.31. The molecule has 0 aromatic carbocycles. The number of rotatable bonds is 7. The number of alkyl carbamates (subject to hydrolysis) is 1. The summed E-state index contributed by atoms with van der Waals surface area (Å²) < 4.78 is 23.1. The molecule has 0 radical (unpaired) electrons. The third-order valence-corrected chi connectivity index (χ3v) is 5.12. The molecule has 3 N–H and O–H groups in total. The zero-order valence-electron chi connectivity index (χ0n) is 16.9. The molecule has 2 atom stereocenters. The first-order valence-electron chi connectivity index (χ1n) is 9.99. The molecule has 2 fully saturated rings. The second-order valence-corrected chi connectivity index (χ2v) is 7.47. The Labute approximate surface area is 177 Å². The first-order valence-corrected chi connectivity index (χ1v) is 9.99. The first-order chi connectivity index (χ1) is 15.2. The Bertz CT molecular complexity index is 1060. The van der Waals surface area contributed by atoms with E-state index in [1.807, 2.05) is 12.1 Å². The van der Waals surface area contributed by atoms with Crippen molar-refractivity contribution >= 4 is 23.2 Å². The molecule has 12 nitrogen and oxygen atoms in total. The van der Waals surface area contributed by atoms with Crippen molar-refractivity contribution in [1.82, 2.24) is 30.1 Å². The highest BCUT2D eigenvalue weighted by Gasteiger charge is 2.32. The van der Waals surface area contributed by atoms with Crippen molar-refractivity contribution in [3.05, 3.63) is 35.9 Å². The van der Waals surface area contributed by atoms with Gasteiger partial charge in [0.2, 0.25) is 0 Å². The molecule has 2 aliphatic rings. The Balaban J connectivity index is 1.21. The van der Waals surface area contributed by atoms with Crippen molar-refractivity contribution in [3.63, 3.8) is 0 Å². The second kappa shape index (κ2) is 8.49. The predicted octanol–water partition coefficient (Wildman–Crippen LogP) is 1.30. The van der Waals surface area contributed by atoms with Crippen molar-refractivity contribution in [2.45, 2.75) is 31.3 Å². The molecule has 0 unspecified atom stereocenters. The monoisotopic (exact) mass is 429 g/mol. The van der Waals surface area contributed by atoms with Gasteiger partial charge in [-0.15, -0.1) is 0 Å². The van der Waals surface area contributed by atoms with Gasteiger partial charge < -0.3 is 29.6 Å². The van der Waals surface area contributed by atoms with Gasteiger partial charge >= 0.3 is 6.09 Å². The zero-order chi connectivity index (χ0) is 21.2. The number of amides is 1. The maximum Gasteiger partial charge on any atom is 0.407 e. The minimum Gasteiger partial charge on any atom is -0.444 e. The Kier molecular flexibility index (Phi) is 5.40. The SMILES string of the molecule is COCc1cc2c(Nc3cc([C@H]4C[C@@H](OC(=O)NC5COC5)CO4)[nH]n3)nccn2n1. The van der Waals surface area contributed by atoms with Crippen LogP contribution in [0.25, 0.3) is 5.52 Å². The van der Waals surface area contributed by atoms with Crippen LogP contribution in [0.2, 0.25) is 0 Å². The molecule has 3 aromatic heterocycles. The minimum atomic E-state index is -0.442. The number of hydrogen-bond acceptors (Lipinski definition) is 9. The van der Waals surface area contributed by atoms with Gasteiger partial charge in [-0.1, -0.05) is 0 Å². The van der Waals surface area contributed by atoms with E-state index in [2.05, 4.69) is 30.9 Å². The lowest BCUT2D eigenvalue weighted by molar-refractivity contribution is -0.00900. The number of anilines is 2. The number of carbonyl (C=O) groups excluding carboxylic acids is 1. The maximum atomic E-state index is 11.9. The molecule has 0 bridgehead atoms. The lowest BCUT2D eigenvalue weighted by Gasteiger charge is -2.26. The number of H-pyrrole nitrogens is 1. The van der Waals surface area contributed by atoms with E-state index in [1.54, 1.807) is 24.0 Å². The quantitative estimate of drug-likeness (QED) is 0.507. The molecular formula is C19H23N7O5. The lowest BCUT2D eigenvalue weighted by Crippen LogP contribution is -2.49. The van der Waals surface area contributed by atoms with Crippen LogP contribution in [0.4, 0.5) is 16.4 Å². The highest BCUT2D eigenvalue weighted by molar-refractivity contribution is 5.72. The molecule has 0 spiro atoms. The number of carbonyl (C=O) groups is 1. The Morgan fingerprint density at radius 1 is 1.35 bits per heavy atom. The van der Waals surface area contributed by atoms with Crippen molar-refractivity contribution in [2.24, 2.45) is 0 Å². The van der Waals surface area contributed by atoms with Crippen molar-refractivity contribution in [2.75, 3.05) is 32.2 Å². The first kappa shape index (κ1) is 19.7. The van der Waals surface area contributed by atoms with Crippen molar-refractivity contribution in [3.8, 4) is 0 Å². The van der Waals surface area contributed by atoms with Gasteiger partial charge in [0, 0.05) is 32.0 Å². The lowest BCUT2D eigenvalue weighted by atomic mass is 10.1. The average Bonchev–Trinajstić information content (AvgIpc) is 3.45. The van der Waals surface area contributed by atoms with Gasteiger partial charge in [0.15, 0.2) is 11.6 Å². The van der Waals surface area contributed by atoms with Gasteiger partial charge in [-0.05, 0) is 6.07 Å². The van der Waals surface area contributed by atoms with Crippen LogP contribution in [0.5, 0.6) is 0 Å². The van der Waals surface area contributed by atoms with Crippen molar-refractivity contribution < 1.29 is 23.7 Å². The highest BCUT2D eigenvalue weighted by atomic mass is 16.6. The van der Waals surface area contributed by atoms with E-state index in [9.17, 15) is 4.79 Å². The van der Waals surface area contributed by atoms with Crippen LogP contribution in [0.1, 0.15) is 23.9 Å². The number of nitrogens with one attached hydrogen (secondary N) is 3. The minimum absolute atomic E-state index is 0.0336. The number of ether oxygens (including phenoxy) is 4. The Morgan fingerprint density at radius 3 is 3.06 bits per heavy atom. The third-order valence-electron chi connectivity index (χ3n) is 5.12. The molecule has 2 aliphatic heterocycles. The number of fused-ring (bicyclic) bond motifs is 1. The highest BCUT2D eigenvalue weighted by Crippen LogP contribution is 2.31. The van der Waals surface area contributed by atoms with Gasteiger partial charge in [0.25, 0.3) is 0 Å². The summed E-state index contributed by atoms with van der Waals surface area (Å²) in [7, 11) is 1.63. The zero-order valence-corrected chi connectivity index (χ0v) is 16.9. The summed E-state index contributed by atoms with van der Waals surface area (Å²) in [5.41, 5.74) is 2.41. The summed E-state index contributed by atoms with van der Waals surface area (Å²) >= 11 is 0. The van der Waals surface area contributed by atoms with Crippen LogP contribution in [-0.2, 0) is 25.6 Å². The Hall–Kier alpha value is -3.22. The van der Waals surface area contributed by atoms with Crippen molar-refractivity contribution in [1.29, 1.82) is 0 Å². The molecule has 0 saturated carbocycles. The summed E-state index contributed by atoms with van der Waals surface area (Å²) in [6, 6.07) is 3.80. The average molecular weight is 429 g/mol. The van der Waals surface area contributed by atoms with Crippen LogP contribution in [0.3, 0.4) is 0 Å². The van der Waals surface area contributed by atoms with Gasteiger partial charge in [-0.25, -0.2) is 14.3 Å². The van der Waals surface area contributed by atoms with E-state index in [1.165, 1.54) is 0 Å². The smallest absolute Gasteiger partial charge is 0.407 e. The fourth-order valence-corrected chi connectivity index (χ4v) is 3.54. The largest absolute Gasteiger partial charge is 0.444 e. The summed E-state index contributed by atoms with van der Waals surface area (Å²) in [4.78, 5) is 16.3.